The van der Waals surface area contributed by atoms with E-state index in [0.29, 0.717) is 26.1 Å². The van der Waals surface area contributed by atoms with E-state index < -0.39 is 34.9 Å². The van der Waals surface area contributed by atoms with Gasteiger partial charge in [0.15, 0.2) is 23.1 Å². The monoisotopic (exact) mass is 666 g/mol. The molecule has 4 rings (SSSR count). The highest BCUT2D eigenvalue weighted by Gasteiger charge is 2.15. The fourth-order valence-electron chi connectivity index (χ4n) is 4.33. The first-order valence-electron chi connectivity index (χ1n) is 15.2. The third-order valence-corrected chi connectivity index (χ3v) is 7.00. The van der Waals surface area contributed by atoms with E-state index >= 15 is 0 Å². The van der Waals surface area contributed by atoms with Gasteiger partial charge in [-0.15, -0.1) is 0 Å². The molecule has 10 heteroatoms. The lowest BCUT2D eigenvalue weighted by atomic mass is 10.1. The zero-order valence-electron chi connectivity index (χ0n) is 26.5. The van der Waals surface area contributed by atoms with Gasteiger partial charge < -0.3 is 18.9 Å². The van der Waals surface area contributed by atoms with Gasteiger partial charge in [0.1, 0.15) is 23.1 Å². The van der Waals surface area contributed by atoms with Gasteiger partial charge in [-0.2, -0.15) is 8.78 Å². The van der Waals surface area contributed by atoms with Gasteiger partial charge >= 0.3 is 0 Å². The van der Waals surface area contributed by atoms with Crippen molar-refractivity contribution in [2.24, 2.45) is 5.92 Å². The average molecular weight is 667 g/mol. The minimum atomic E-state index is -1.17. The molecule has 4 nitrogen and oxygen atoms in total. The summed E-state index contributed by atoms with van der Waals surface area (Å²) in [5, 5.41) is 0. The minimum absolute atomic E-state index is 0.00463. The highest BCUT2D eigenvalue weighted by molar-refractivity contribution is 5.48. The topological polar surface area (TPSA) is 36.9 Å². The van der Waals surface area contributed by atoms with Crippen LogP contribution in [0.15, 0.2) is 60.7 Å². The van der Waals surface area contributed by atoms with Crippen LogP contribution in [0.4, 0.5) is 26.3 Å². The molecular formula is C38H32F6O4. The van der Waals surface area contributed by atoms with Crippen LogP contribution in [0.1, 0.15) is 55.9 Å². The summed E-state index contributed by atoms with van der Waals surface area (Å²) in [7, 11) is 0. The first-order valence-corrected chi connectivity index (χ1v) is 15.2. The number of benzene rings is 4. The molecule has 0 spiro atoms. The molecule has 0 N–H and O–H groups in total. The van der Waals surface area contributed by atoms with Gasteiger partial charge in [0.2, 0.25) is 11.6 Å². The summed E-state index contributed by atoms with van der Waals surface area (Å²) >= 11 is 0. The predicted molar refractivity (Wildman–Crippen MR) is 169 cm³/mol. The summed E-state index contributed by atoms with van der Waals surface area (Å²) < 4.78 is 107. The van der Waals surface area contributed by atoms with Crippen LogP contribution in [0.3, 0.4) is 0 Å². The van der Waals surface area contributed by atoms with Gasteiger partial charge in [-0.3, -0.25) is 0 Å². The lowest BCUT2D eigenvalue weighted by Crippen LogP contribution is -2.09. The normalized spacial score (nSPS) is 10.5. The molecule has 0 aliphatic heterocycles. The predicted octanol–water partition coefficient (Wildman–Crippen LogP) is 8.99. The summed E-state index contributed by atoms with van der Waals surface area (Å²) in [4.78, 5) is 0. The Bertz CT molecular complexity index is 1730. The molecule has 0 aliphatic rings. The van der Waals surface area contributed by atoms with Crippen molar-refractivity contribution in [1.29, 1.82) is 0 Å². The first-order chi connectivity index (χ1) is 23.1. The molecule has 0 saturated carbocycles. The van der Waals surface area contributed by atoms with E-state index in [9.17, 15) is 26.3 Å². The van der Waals surface area contributed by atoms with E-state index in [1.807, 2.05) is 6.92 Å². The van der Waals surface area contributed by atoms with Crippen molar-refractivity contribution < 1.29 is 45.3 Å². The first kappa shape index (κ1) is 35.6. The van der Waals surface area contributed by atoms with Gasteiger partial charge in [0.05, 0.1) is 48.7 Å². The fraction of sp³-hybridized carbons (Fsp3) is 0.263. The van der Waals surface area contributed by atoms with E-state index in [1.54, 1.807) is 13.8 Å². The second-order valence-corrected chi connectivity index (χ2v) is 10.5. The van der Waals surface area contributed by atoms with Crippen LogP contribution in [0.5, 0.6) is 23.0 Å². The van der Waals surface area contributed by atoms with Crippen LogP contribution in [-0.2, 0) is 0 Å². The Morgan fingerprint density at radius 2 is 0.875 bits per heavy atom. The lowest BCUT2D eigenvalue weighted by Gasteiger charge is -2.13. The standard InChI is InChI=1S/C38H32F6O4/c1-4-45-33-16-12-27(35(41)37(33)43)8-6-25-10-14-29(22-31(25)39)47-20-18-24(3)19-21-48-30-15-11-26(32(40)23-30)7-9-28-13-17-34(46-5-2)38(44)36(28)42/h10-17,22-24H,4-5,18-21H2,1-3H3. The Balaban J connectivity index is 1.23. The molecule has 0 atom stereocenters. The summed E-state index contributed by atoms with van der Waals surface area (Å²) in [6.07, 6.45) is 1.25. The Labute approximate surface area is 275 Å². The van der Waals surface area contributed by atoms with Crippen molar-refractivity contribution in [1.82, 2.24) is 0 Å². The maximum atomic E-state index is 14.6. The van der Waals surface area contributed by atoms with Gasteiger partial charge in [-0.25, -0.2) is 17.6 Å². The molecule has 0 saturated heterocycles. The smallest absolute Gasteiger partial charge is 0.201 e. The van der Waals surface area contributed by atoms with Crippen molar-refractivity contribution in [3.63, 3.8) is 0 Å². The number of hydrogen-bond donors (Lipinski definition) is 0. The maximum Gasteiger partial charge on any atom is 0.201 e. The van der Waals surface area contributed by atoms with Crippen LogP contribution >= 0.6 is 0 Å². The third-order valence-electron chi connectivity index (χ3n) is 7.00. The molecule has 4 aromatic rings. The minimum Gasteiger partial charge on any atom is -0.493 e. The van der Waals surface area contributed by atoms with E-state index in [2.05, 4.69) is 23.7 Å². The second kappa shape index (κ2) is 17.1. The summed E-state index contributed by atoms with van der Waals surface area (Å²) in [5.74, 6) is 4.22. The van der Waals surface area contributed by atoms with Crippen LogP contribution in [0.2, 0.25) is 0 Å². The van der Waals surface area contributed by atoms with Crippen molar-refractivity contribution in [2.45, 2.75) is 33.6 Å². The summed E-state index contributed by atoms with van der Waals surface area (Å²) in [6.45, 7) is 6.22. The SMILES string of the molecule is CCOc1ccc(C#Cc2ccc(OCCC(C)CCOc3ccc(C#Cc4ccc(OCC)c(F)c4F)c(F)c3)cc2F)c(F)c1F. The van der Waals surface area contributed by atoms with Crippen LogP contribution in [-0.4, -0.2) is 26.4 Å². The van der Waals surface area contributed by atoms with E-state index in [0.717, 1.165) is 0 Å². The highest BCUT2D eigenvalue weighted by atomic mass is 19.2. The van der Waals surface area contributed by atoms with Crippen molar-refractivity contribution in [3.8, 4) is 46.7 Å². The number of hydrogen-bond acceptors (Lipinski definition) is 4. The van der Waals surface area contributed by atoms with E-state index in [1.165, 1.54) is 60.7 Å². The Morgan fingerprint density at radius 3 is 1.25 bits per heavy atom. The second-order valence-electron chi connectivity index (χ2n) is 10.5. The highest BCUT2D eigenvalue weighted by Crippen LogP contribution is 2.25. The van der Waals surface area contributed by atoms with Gasteiger partial charge in [0, 0.05) is 12.1 Å². The molecule has 4 aromatic carbocycles. The Kier molecular flexibility index (Phi) is 12.7. The average Bonchev–Trinajstić information content (AvgIpc) is 3.06. The Morgan fingerprint density at radius 1 is 0.500 bits per heavy atom. The van der Waals surface area contributed by atoms with Crippen LogP contribution in [0.25, 0.3) is 0 Å². The Hall–Kier alpha value is -5.22. The summed E-state index contributed by atoms with van der Waals surface area (Å²) in [6, 6.07) is 13.3. The summed E-state index contributed by atoms with van der Waals surface area (Å²) in [5.41, 5.74) is -0.458. The van der Waals surface area contributed by atoms with Crippen molar-refractivity contribution in [2.75, 3.05) is 26.4 Å². The molecule has 0 aromatic heterocycles. The quantitative estimate of drug-likeness (QED) is 0.112. The molecule has 0 unspecified atom stereocenters. The third kappa shape index (κ3) is 9.42. The van der Waals surface area contributed by atoms with Gasteiger partial charge in [-0.05, 0) is 81.1 Å². The van der Waals surface area contributed by atoms with Gasteiger partial charge in [-0.1, -0.05) is 30.6 Å². The van der Waals surface area contributed by atoms with E-state index in [4.69, 9.17) is 18.9 Å². The molecule has 0 amide bonds. The molecular weight excluding hydrogens is 634 g/mol. The molecule has 0 radical (unpaired) electrons. The molecule has 0 aliphatic carbocycles. The molecule has 0 heterocycles. The van der Waals surface area contributed by atoms with Crippen molar-refractivity contribution in [3.05, 3.63) is 118 Å². The van der Waals surface area contributed by atoms with Crippen LogP contribution < -0.4 is 18.9 Å². The molecule has 48 heavy (non-hydrogen) atoms. The number of rotatable bonds is 12. The van der Waals surface area contributed by atoms with Crippen molar-refractivity contribution >= 4 is 0 Å². The van der Waals surface area contributed by atoms with E-state index in [-0.39, 0.29) is 64.4 Å². The molecule has 0 fully saturated rings. The fourth-order valence-corrected chi connectivity index (χ4v) is 4.33. The zero-order valence-corrected chi connectivity index (χ0v) is 26.5. The maximum absolute atomic E-state index is 14.6. The van der Waals surface area contributed by atoms with Gasteiger partial charge in [0.25, 0.3) is 0 Å². The largest absolute Gasteiger partial charge is 0.493 e. The number of ether oxygens (including phenoxy) is 4. The molecule has 250 valence electrons. The lowest BCUT2D eigenvalue weighted by molar-refractivity contribution is 0.244. The van der Waals surface area contributed by atoms with Crippen LogP contribution in [0, 0.1) is 64.5 Å². The zero-order chi connectivity index (χ0) is 34.6. The molecule has 0 bridgehead atoms. The number of halogens is 6.